The molecule has 2 rings (SSSR count). The summed E-state index contributed by atoms with van der Waals surface area (Å²) in [7, 11) is -2.28. The lowest BCUT2D eigenvalue weighted by atomic mass is 9.83. The van der Waals surface area contributed by atoms with Gasteiger partial charge in [0.25, 0.3) is 0 Å². The summed E-state index contributed by atoms with van der Waals surface area (Å²) in [6, 6.07) is -2.40. The SMILES string of the molecule is C#CC(CCS(=C)(C)=O)NC(=O)[C@@H]1C2C(CN1C(=C)C(NC(=O)C(F)(F)F)C(C)(C)C)C2(C)C. The van der Waals surface area contributed by atoms with Crippen LogP contribution in [0.3, 0.4) is 0 Å². The van der Waals surface area contributed by atoms with Crippen molar-refractivity contribution in [2.75, 3.05) is 18.6 Å². The fourth-order valence-corrected chi connectivity index (χ4v) is 5.62. The first kappa shape index (κ1) is 28.1. The van der Waals surface area contributed by atoms with E-state index in [1.54, 1.807) is 25.7 Å². The van der Waals surface area contributed by atoms with Gasteiger partial charge in [-0.15, -0.1) is 6.42 Å². The van der Waals surface area contributed by atoms with Gasteiger partial charge in [-0.3, -0.25) is 13.8 Å². The molecule has 0 aromatic heterocycles. The van der Waals surface area contributed by atoms with Gasteiger partial charge in [0.1, 0.15) is 6.04 Å². The first-order valence-electron chi connectivity index (χ1n) is 11.1. The van der Waals surface area contributed by atoms with Crippen LogP contribution in [0.25, 0.3) is 0 Å². The Bertz CT molecular complexity index is 990. The molecule has 10 heteroatoms. The van der Waals surface area contributed by atoms with Gasteiger partial charge < -0.3 is 15.5 Å². The Balaban J connectivity index is 2.29. The summed E-state index contributed by atoms with van der Waals surface area (Å²) in [5, 5.41) is 4.89. The minimum absolute atomic E-state index is 0.0372. The number of nitrogens with zero attached hydrogens (tertiary/aromatic N) is 1. The number of fused-ring (bicyclic) bond motifs is 1. The van der Waals surface area contributed by atoms with E-state index in [9.17, 15) is 27.0 Å². The largest absolute Gasteiger partial charge is 0.471 e. The number of nitrogens with one attached hydrogen (secondary N) is 2. The molecule has 6 atom stereocenters. The van der Waals surface area contributed by atoms with Crippen LogP contribution in [-0.4, -0.2) is 69.6 Å². The number of hydrogen-bond acceptors (Lipinski definition) is 4. The molecule has 5 unspecified atom stereocenters. The third-order valence-electron chi connectivity index (χ3n) is 6.93. The molecule has 0 aromatic rings. The Hall–Kier alpha value is -2.15. The van der Waals surface area contributed by atoms with Crippen molar-refractivity contribution < 1.29 is 27.0 Å². The van der Waals surface area contributed by atoms with Crippen molar-refractivity contribution in [3.8, 4) is 12.3 Å². The molecule has 34 heavy (non-hydrogen) atoms. The second-order valence-electron chi connectivity index (χ2n) is 11.2. The summed E-state index contributed by atoms with van der Waals surface area (Å²) in [6.07, 6.45) is 2.35. The standard InChI is InChI=1S/C24H36F3N3O3S/c1-10-15(11-12-34(8,9)33)28-20(31)18-17-16(23(17,6)7)13-30(18)14(2)19(22(3,4)5)29-21(32)24(25,26)27/h1,15-19H,2,8,11-13H2,3-7,9H3,(H,28,31)(H,29,32)/t15?,16?,17?,18-,19?,34?/m0/s1. The van der Waals surface area contributed by atoms with E-state index in [1.807, 2.05) is 13.8 Å². The number of terminal acetylenes is 1. The zero-order valence-electron chi connectivity index (χ0n) is 20.7. The Kier molecular flexibility index (Phi) is 7.55. The van der Waals surface area contributed by atoms with Crippen molar-refractivity contribution in [1.82, 2.24) is 15.5 Å². The van der Waals surface area contributed by atoms with Crippen molar-refractivity contribution >= 4 is 27.2 Å². The number of piperidine rings is 1. The van der Waals surface area contributed by atoms with Gasteiger partial charge in [0.05, 0.1) is 12.1 Å². The van der Waals surface area contributed by atoms with Crippen molar-refractivity contribution in [3.63, 3.8) is 0 Å². The zero-order valence-corrected chi connectivity index (χ0v) is 21.5. The van der Waals surface area contributed by atoms with E-state index in [1.165, 1.54) is 6.26 Å². The van der Waals surface area contributed by atoms with Crippen LogP contribution in [0.1, 0.15) is 41.0 Å². The third kappa shape index (κ3) is 6.09. The van der Waals surface area contributed by atoms with E-state index >= 15 is 0 Å². The highest BCUT2D eigenvalue weighted by Gasteiger charge is 2.69. The molecule has 0 radical (unpaired) electrons. The molecule has 2 aliphatic rings. The number of amides is 2. The van der Waals surface area contributed by atoms with Crippen LogP contribution in [0, 0.1) is 35.0 Å². The summed E-state index contributed by atoms with van der Waals surface area (Å²) >= 11 is 0. The monoisotopic (exact) mass is 503 g/mol. The molecular formula is C24H36F3N3O3S. The lowest BCUT2D eigenvalue weighted by Crippen LogP contribution is -2.56. The number of likely N-dealkylation sites (tertiary alicyclic amines) is 1. The van der Waals surface area contributed by atoms with Gasteiger partial charge in [-0.2, -0.15) is 13.2 Å². The molecule has 1 saturated carbocycles. The highest BCUT2D eigenvalue weighted by molar-refractivity contribution is 7.99. The van der Waals surface area contributed by atoms with E-state index in [0.717, 1.165) is 0 Å². The first-order valence-corrected chi connectivity index (χ1v) is 13.4. The molecule has 2 N–H and O–H groups in total. The van der Waals surface area contributed by atoms with Crippen LogP contribution >= 0.6 is 0 Å². The van der Waals surface area contributed by atoms with Crippen molar-refractivity contribution in [1.29, 1.82) is 0 Å². The second-order valence-corrected chi connectivity index (χ2v) is 14.0. The maximum Gasteiger partial charge on any atom is 0.471 e. The van der Waals surface area contributed by atoms with Gasteiger partial charge >= 0.3 is 12.1 Å². The average molecular weight is 504 g/mol. The second kappa shape index (κ2) is 9.14. The molecule has 6 nitrogen and oxygen atoms in total. The fourth-order valence-electron chi connectivity index (χ4n) is 4.88. The molecule has 2 amide bonds. The summed E-state index contributed by atoms with van der Waals surface area (Å²) in [5.41, 5.74) is -0.667. The number of alkyl halides is 3. The molecule has 2 fully saturated rings. The Morgan fingerprint density at radius 2 is 1.82 bits per heavy atom. The molecule has 192 valence electrons. The molecule has 1 aliphatic heterocycles. The lowest BCUT2D eigenvalue weighted by molar-refractivity contribution is -0.175. The van der Waals surface area contributed by atoms with E-state index < -0.39 is 45.1 Å². The maximum absolute atomic E-state index is 13.4. The topological polar surface area (TPSA) is 78.5 Å². The van der Waals surface area contributed by atoms with Crippen molar-refractivity contribution in [3.05, 3.63) is 12.3 Å². The van der Waals surface area contributed by atoms with Gasteiger partial charge in [-0.05, 0) is 44.5 Å². The average Bonchev–Trinajstić information content (AvgIpc) is 3.01. The summed E-state index contributed by atoms with van der Waals surface area (Å²) in [6.45, 7) is 13.6. The van der Waals surface area contributed by atoms with Gasteiger partial charge in [-0.25, -0.2) is 0 Å². The minimum atomic E-state index is -5.04. The summed E-state index contributed by atoms with van der Waals surface area (Å²) < 4.78 is 50.9. The van der Waals surface area contributed by atoms with Crippen molar-refractivity contribution in [2.45, 2.75) is 65.3 Å². The molecular weight excluding hydrogens is 467 g/mol. The highest BCUT2D eigenvalue weighted by Crippen LogP contribution is 2.65. The molecule has 1 aliphatic carbocycles. The minimum Gasteiger partial charge on any atom is -0.361 e. The predicted molar refractivity (Wildman–Crippen MR) is 129 cm³/mol. The van der Waals surface area contributed by atoms with Crippen molar-refractivity contribution in [2.24, 2.45) is 22.7 Å². The molecule has 0 spiro atoms. The Morgan fingerprint density at radius 3 is 2.26 bits per heavy atom. The van der Waals surface area contributed by atoms with Gasteiger partial charge in [0.2, 0.25) is 5.91 Å². The predicted octanol–water partition coefficient (Wildman–Crippen LogP) is 2.40. The molecule has 1 heterocycles. The lowest BCUT2D eigenvalue weighted by Gasteiger charge is -2.41. The number of carbonyl (C=O) groups is 2. The normalized spacial score (nSPS) is 26.9. The van der Waals surface area contributed by atoms with Gasteiger partial charge in [0.15, 0.2) is 0 Å². The van der Waals surface area contributed by atoms with Crippen LogP contribution in [0.2, 0.25) is 0 Å². The van der Waals surface area contributed by atoms with Crippen LogP contribution in [-0.2, 0) is 19.1 Å². The smallest absolute Gasteiger partial charge is 0.361 e. The number of halogens is 3. The Labute approximate surface area is 201 Å². The highest BCUT2D eigenvalue weighted by atomic mass is 32.2. The van der Waals surface area contributed by atoms with Crippen LogP contribution in [0.4, 0.5) is 13.2 Å². The third-order valence-corrected chi connectivity index (χ3v) is 8.03. The van der Waals surface area contributed by atoms with E-state index in [-0.39, 0.29) is 34.6 Å². The zero-order chi connectivity index (χ0) is 26.4. The summed E-state index contributed by atoms with van der Waals surface area (Å²) in [4.78, 5) is 26.8. The van der Waals surface area contributed by atoms with Crippen LogP contribution in [0.5, 0.6) is 0 Å². The van der Waals surface area contributed by atoms with Crippen LogP contribution < -0.4 is 10.6 Å². The molecule has 0 aromatic carbocycles. The van der Waals surface area contributed by atoms with Crippen LogP contribution in [0.15, 0.2) is 12.3 Å². The fraction of sp³-hybridized carbons (Fsp3) is 0.708. The number of hydrogen-bond donors (Lipinski definition) is 2. The van der Waals surface area contributed by atoms with E-state index in [4.69, 9.17) is 6.42 Å². The van der Waals surface area contributed by atoms with Gasteiger partial charge in [0, 0.05) is 24.3 Å². The van der Waals surface area contributed by atoms with E-state index in [0.29, 0.717) is 13.0 Å². The summed E-state index contributed by atoms with van der Waals surface area (Å²) in [5.74, 6) is 4.05. The van der Waals surface area contributed by atoms with Gasteiger partial charge in [-0.1, -0.05) is 47.1 Å². The number of rotatable bonds is 8. The molecule has 1 saturated heterocycles. The quantitative estimate of drug-likeness (QED) is 0.394. The number of carbonyl (C=O) groups excluding carboxylic acids is 2. The molecule has 0 bridgehead atoms. The Morgan fingerprint density at radius 1 is 1.26 bits per heavy atom. The van der Waals surface area contributed by atoms with E-state index in [2.05, 4.69) is 29.0 Å². The maximum atomic E-state index is 13.4. The first-order chi connectivity index (χ1) is 15.2.